The molecule has 0 aromatic heterocycles. The van der Waals surface area contributed by atoms with Crippen molar-refractivity contribution < 1.29 is 9.53 Å². The van der Waals surface area contributed by atoms with Crippen molar-refractivity contribution in [2.45, 2.75) is 6.92 Å². The van der Waals surface area contributed by atoms with Gasteiger partial charge in [-0.3, -0.25) is 4.79 Å². The van der Waals surface area contributed by atoms with E-state index < -0.39 is 0 Å². The molecule has 0 heterocycles. The third kappa shape index (κ3) is 3.03. The molecule has 1 amide bonds. The summed E-state index contributed by atoms with van der Waals surface area (Å²) in [4.78, 5) is 11.6. The molecule has 2 aromatic carbocycles. The van der Waals surface area contributed by atoms with Gasteiger partial charge in [-0.15, -0.1) is 0 Å². The first-order chi connectivity index (χ1) is 9.51. The summed E-state index contributed by atoms with van der Waals surface area (Å²) < 4.78 is 5.69. The van der Waals surface area contributed by atoms with Crippen molar-refractivity contribution in [3.63, 3.8) is 0 Å². The molecule has 4 nitrogen and oxygen atoms in total. The minimum atomic E-state index is -0.204. The van der Waals surface area contributed by atoms with E-state index in [9.17, 15) is 4.79 Å². The van der Waals surface area contributed by atoms with Crippen molar-refractivity contribution >= 4 is 23.2 Å². The molecular weight excluding hydrogens is 276 g/mol. The summed E-state index contributed by atoms with van der Waals surface area (Å²) in [5, 5.41) is 3.04. The van der Waals surface area contributed by atoms with Crippen LogP contribution in [0.25, 0.3) is 0 Å². The summed E-state index contributed by atoms with van der Waals surface area (Å²) in [6.45, 7) is 1.94. The fourth-order valence-electron chi connectivity index (χ4n) is 1.72. The second-order valence-corrected chi connectivity index (χ2v) is 4.77. The number of benzene rings is 2. The molecule has 3 N–H and O–H groups in total. The molecule has 20 heavy (non-hydrogen) atoms. The van der Waals surface area contributed by atoms with Crippen LogP contribution in [-0.4, -0.2) is 13.0 Å². The third-order valence-electron chi connectivity index (χ3n) is 2.81. The summed E-state index contributed by atoms with van der Waals surface area (Å²) in [5.74, 6) is 0.694. The molecule has 0 saturated carbocycles. The summed E-state index contributed by atoms with van der Waals surface area (Å²) >= 11 is 6.12. The molecule has 0 aliphatic heterocycles. The van der Waals surface area contributed by atoms with Gasteiger partial charge < -0.3 is 15.8 Å². The van der Waals surface area contributed by atoms with Gasteiger partial charge in [0.2, 0.25) is 0 Å². The van der Waals surface area contributed by atoms with Crippen LogP contribution in [0.3, 0.4) is 0 Å². The average Bonchev–Trinajstić information content (AvgIpc) is 2.43. The van der Waals surface area contributed by atoms with Crippen LogP contribution in [0.15, 0.2) is 36.4 Å². The topological polar surface area (TPSA) is 64.4 Å². The van der Waals surface area contributed by atoms with Crippen molar-refractivity contribution in [3.8, 4) is 11.5 Å². The van der Waals surface area contributed by atoms with E-state index in [1.54, 1.807) is 37.4 Å². The minimum Gasteiger partial charge on any atom is -0.454 e. The Labute approximate surface area is 122 Å². The highest BCUT2D eigenvalue weighted by Crippen LogP contribution is 2.33. The summed E-state index contributed by atoms with van der Waals surface area (Å²) in [7, 11) is 1.57. The maximum Gasteiger partial charge on any atom is 0.251 e. The predicted octanol–water partition coefficient (Wildman–Crippen LogP) is 3.38. The van der Waals surface area contributed by atoms with Crippen molar-refractivity contribution in [2.24, 2.45) is 0 Å². The van der Waals surface area contributed by atoms with Gasteiger partial charge in [-0.2, -0.15) is 0 Å². The molecular formula is C15H15ClN2O2. The van der Waals surface area contributed by atoms with Gasteiger partial charge in [0.1, 0.15) is 5.75 Å². The second kappa shape index (κ2) is 5.84. The lowest BCUT2D eigenvalue weighted by atomic mass is 10.1. The Bertz CT molecular complexity index is 656. The van der Waals surface area contributed by atoms with Gasteiger partial charge in [0, 0.05) is 12.6 Å². The Hall–Kier alpha value is -2.20. The third-order valence-corrected chi connectivity index (χ3v) is 3.11. The molecule has 2 rings (SSSR count). The Morgan fingerprint density at radius 1 is 1.20 bits per heavy atom. The minimum absolute atomic E-state index is 0.204. The van der Waals surface area contributed by atoms with Gasteiger partial charge in [0.25, 0.3) is 5.91 Å². The Balaban J connectivity index is 2.35. The quantitative estimate of drug-likeness (QED) is 0.852. The molecule has 0 aliphatic carbocycles. The van der Waals surface area contributed by atoms with Crippen molar-refractivity contribution in [1.29, 1.82) is 0 Å². The SMILES string of the molecule is CNC(=O)c1ccc(N)c(Oc2ccc(C)cc2Cl)c1. The fourth-order valence-corrected chi connectivity index (χ4v) is 1.99. The highest BCUT2D eigenvalue weighted by atomic mass is 35.5. The van der Waals surface area contributed by atoms with Crippen molar-refractivity contribution in [3.05, 3.63) is 52.5 Å². The van der Waals surface area contributed by atoms with E-state index in [1.165, 1.54) is 0 Å². The van der Waals surface area contributed by atoms with E-state index in [1.807, 2.05) is 13.0 Å². The summed E-state index contributed by atoms with van der Waals surface area (Å²) in [5.41, 5.74) is 7.81. The zero-order valence-corrected chi connectivity index (χ0v) is 12.0. The number of amides is 1. The van der Waals surface area contributed by atoms with Crippen LogP contribution in [0.1, 0.15) is 15.9 Å². The van der Waals surface area contributed by atoms with E-state index in [0.29, 0.717) is 27.8 Å². The molecule has 0 spiro atoms. The zero-order chi connectivity index (χ0) is 14.7. The average molecular weight is 291 g/mol. The van der Waals surface area contributed by atoms with E-state index in [-0.39, 0.29) is 5.91 Å². The second-order valence-electron chi connectivity index (χ2n) is 4.37. The zero-order valence-electron chi connectivity index (χ0n) is 11.2. The fraction of sp³-hybridized carbons (Fsp3) is 0.133. The molecule has 0 radical (unpaired) electrons. The summed E-state index contributed by atoms with van der Waals surface area (Å²) in [6.07, 6.45) is 0. The number of halogens is 1. The van der Waals surface area contributed by atoms with Crippen LogP contribution in [0.2, 0.25) is 5.02 Å². The van der Waals surface area contributed by atoms with Crippen LogP contribution in [0.4, 0.5) is 5.69 Å². The normalized spacial score (nSPS) is 10.2. The number of nitrogen functional groups attached to an aromatic ring is 1. The number of hydrogen-bond acceptors (Lipinski definition) is 3. The van der Waals surface area contributed by atoms with Crippen LogP contribution in [-0.2, 0) is 0 Å². The van der Waals surface area contributed by atoms with Crippen LogP contribution in [0, 0.1) is 6.92 Å². The number of aryl methyl sites for hydroxylation is 1. The van der Waals surface area contributed by atoms with Crippen LogP contribution >= 0.6 is 11.6 Å². The van der Waals surface area contributed by atoms with E-state index >= 15 is 0 Å². The maximum atomic E-state index is 11.6. The Kier molecular flexibility index (Phi) is 4.15. The number of nitrogens with two attached hydrogens (primary N) is 1. The molecule has 5 heteroatoms. The predicted molar refractivity (Wildman–Crippen MR) is 80.5 cm³/mol. The van der Waals surface area contributed by atoms with Gasteiger partial charge in [-0.25, -0.2) is 0 Å². The Morgan fingerprint density at radius 2 is 1.95 bits per heavy atom. The first-order valence-electron chi connectivity index (χ1n) is 6.07. The van der Waals surface area contributed by atoms with Gasteiger partial charge >= 0.3 is 0 Å². The highest BCUT2D eigenvalue weighted by Gasteiger charge is 2.10. The van der Waals surface area contributed by atoms with Gasteiger partial charge in [-0.05, 0) is 42.8 Å². The molecule has 0 atom stereocenters. The van der Waals surface area contributed by atoms with E-state index in [2.05, 4.69) is 5.32 Å². The van der Waals surface area contributed by atoms with Crippen molar-refractivity contribution in [2.75, 3.05) is 12.8 Å². The standard InChI is InChI=1S/C15H15ClN2O2/c1-9-3-6-13(11(16)7-9)20-14-8-10(15(19)18-2)4-5-12(14)17/h3-8H,17H2,1-2H3,(H,18,19). The molecule has 0 fully saturated rings. The number of carbonyl (C=O) groups is 1. The smallest absolute Gasteiger partial charge is 0.251 e. The first-order valence-corrected chi connectivity index (χ1v) is 6.44. The molecule has 0 unspecified atom stereocenters. The first kappa shape index (κ1) is 14.2. The number of hydrogen-bond donors (Lipinski definition) is 2. The van der Waals surface area contributed by atoms with Gasteiger partial charge in [0.05, 0.1) is 10.7 Å². The van der Waals surface area contributed by atoms with Gasteiger partial charge in [0.15, 0.2) is 5.75 Å². The number of carbonyl (C=O) groups excluding carboxylic acids is 1. The van der Waals surface area contributed by atoms with Gasteiger partial charge in [-0.1, -0.05) is 17.7 Å². The largest absolute Gasteiger partial charge is 0.454 e. The lowest BCUT2D eigenvalue weighted by Crippen LogP contribution is -2.17. The maximum absolute atomic E-state index is 11.6. The lowest BCUT2D eigenvalue weighted by molar-refractivity contribution is 0.0963. The van der Waals surface area contributed by atoms with Crippen LogP contribution < -0.4 is 15.8 Å². The van der Waals surface area contributed by atoms with Crippen molar-refractivity contribution in [1.82, 2.24) is 5.32 Å². The Morgan fingerprint density at radius 3 is 2.60 bits per heavy atom. The number of anilines is 1. The number of nitrogens with one attached hydrogen (secondary N) is 1. The van der Waals surface area contributed by atoms with E-state index in [4.69, 9.17) is 22.1 Å². The molecule has 0 aliphatic rings. The molecule has 2 aromatic rings. The highest BCUT2D eigenvalue weighted by molar-refractivity contribution is 6.32. The van der Waals surface area contributed by atoms with Crippen LogP contribution in [0.5, 0.6) is 11.5 Å². The van der Waals surface area contributed by atoms with E-state index in [0.717, 1.165) is 5.56 Å². The number of ether oxygens (including phenoxy) is 1. The monoisotopic (exact) mass is 290 g/mol. The number of rotatable bonds is 3. The molecule has 0 saturated heterocycles. The summed E-state index contributed by atoms with van der Waals surface area (Å²) in [6, 6.07) is 10.3. The molecule has 0 bridgehead atoms. The lowest BCUT2D eigenvalue weighted by Gasteiger charge is -2.11. The molecule has 104 valence electrons.